The van der Waals surface area contributed by atoms with E-state index in [2.05, 4.69) is 94.8 Å². The van der Waals surface area contributed by atoms with Crippen LogP contribution in [0.3, 0.4) is 0 Å². The van der Waals surface area contributed by atoms with Crippen molar-refractivity contribution in [2.45, 2.75) is 0 Å². The van der Waals surface area contributed by atoms with Gasteiger partial charge in [-0.15, -0.1) is 0 Å². The molecule has 7 aromatic rings. The van der Waals surface area contributed by atoms with E-state index in [1.165, 1.54) is 21.9 Å². The number of hydrogen-bond donors (Lipinski definition) is 0. The van der Waals surface area contributed by atoms with Gasteiger partial charge >= 0.3 is 0 Å². The topological polar surface area (TPSA) is 30.4 Å². The minimum Gasteiger partial charge on any atom is -0.456 e. The van der Waals surface area contributed by atoms with Crippen LogP contribution in [-0.4, -0.2) is 4.98 Å². The molecule has 0 saturated heterocycles. The highest BCUT2D eigenvalue weighted by Crippen LogP contribution is 2.41. The molecule has 7 rings (SSSR count). The number of hydrogen-bond acceptors (Lipinski definition) is 2. The number of rotatable bonds is 3. The molecule has 0 aliphatic carbocycles. The summed E-state index contributed by atoms with van der Waals surface area (Å²) in [5.41, 5.74) is 8.76. The molecule has 0 saturated carbocycles. The third kappa shape index (κ3) is 3.55. The molecule has 0 amide bonds. The summed E-state index contributed by atoms with van der Waals surface area (Å²) >= 11 is 0. The zero-order valence-electron chi connectivity index (χ0n) is 19.8. The van der Waals surface area contributed by atoms with Gasteiger partial charge in [0, 0.05) is 23.2 Å². The molecule has 3 nitrogen and oxygen atoms in total. The van der Waals surface area contributed by atoms with Crippen molar-refractivity contribution in [1.82, 2.24) is 4.98 Å². The predicted octanol–water partition coefficient (Wildman–Crippen LogP) is 9.69. The Labute approximate surface area is 214 Å². The first kappa shape index (κ1) is 21.1. The van der Waals surface area contributed by atoms with E-state index in [0.29, 0.717) is 5.69 Å². The van der Waals surface area contributed by atoms with Crippen molar-refractivity contribution in [2.24, 2.45) is 0 Å². The van der Waals surface area contributed by atoms with Crippen molar-refractivity contribution in [3.63, 3.8) is 0 Å². The fraction of sp³-hybridized carbons (Fsp3) is 0. The smallest absolute Gasteiger partial charge is 0.205 e. The summed E-state index contributed by atoms with van der Waals surface area (Å²) in [6.07, 6.45) is 3.38. The second kappa shape index (κ2) is 8.48. The molecule has 0 spiro atoms. The van der Waals surface area contributed by atoms with Gasteiger partial charge in [0.1, 0.15) is 11.2 Å². The van der Waals surface area contributed by atoms with Crippen molar-refractivity contribution >= 4 is 38.4 Å². The molecule has 0 radical (unpaired) electrons. The van der Waals surface area contributed by atoms with E-state index in [1.54, 1.807) is 12.4 Å². The first-order valence-electron chi connectivity index (χ1n) is 12.2. The van der Waals surface area contributed by atoms with Crippen LogP contribution in [0.15, 0.2) is 126 Å². The lowest BCUT2D eigenvalue weighted by molar-refractivity contribution is 0.669. The molecule has 0 N–H and O–H groups in total. The van der Waals surface area contributed by atoms with Crippen molar-refractivity contribution in [3.8, 4) is 33.4 Å². The SMILES string of the molecule is [C-]#[N+]c1cncc(-c2cccc(-c3ccc4c(c3)oc3cc(-c5ccccc5)c5ccccc5c34)c2)c1. The average Bonchev–Trinajstić information content (AvgIpc) is 3.35. The van der Waals surface area contributed by atoms with E-state index in [-0.39, 0.29) is 0 Å². The molecule has 0 aliphatic rings. The minimum absolute atomic E-state index is 0.536. The highest BCUT2D eigenvalue weighted by atomic mass is 16.3. The lowest BCUT2D eigenvalue weighted by Crippen LogP contribution is -1.83. The monoisotopic (exact) mass is 472 g/mol. The van der Waals surface area contributed by atoms with Crippen LogP contribution in [0.2, 0.25) is 0 Å². The zero-order chi connectivity index (χ0) is 24.8. The zero-order valence-corrected chi connectivity index (χ0v) is 19.8. The highest BCUT2D eigenvalue weighted by Gasteiger charge is 2.15. The number of aromatic nitrogens is 1. The molecular weight excluding hydrogens is 452 g/mol. The van der Waals surface area contributed by atoms with Crippen molar-refractivity contribution < 1.29 is 4.42 Å². The van der Waals surface area contributed by atoms with Crippen LogP contribution >= 0.6 is 0 Å². The normalized spacial score (nSPS) is 11.2. The summed E-state index contributed by atoms with van der Waals surface area (Å²) in [4.78, 5) is 7.74. The summed E-state index contributed by atoms with van der Waals surface area (Å²) in [5, 5.41) is 4.67. The largest absolute Gasteiger partial charge is 0.456 e. The second-order valence-electron chi connectivity index (χ2n) is 9.15. The van der Waals surface area contributed by atoms with Crippen LogP contribution < -0.4 is 0 Å². The third-order valence-electron chi connectivity index (χ3n) is 6.95. The summed E-state index contributed by atoms with van der Waals surface area (Å²) in [6, 6.07) is 37.8. The molecule has 2 aromatic heterocycles. The van der Waals surface area contributed by atoms with Gasteiger partial charge in [-0.3, -0.25) is 4.98 Å². The van der Waals surface area contributed by atoms with Crippen LogP contribution in [0.5, 0.6) is 0 Å². The van der Waals surface area contributed by atoms with Crippen LogP contribution in [-0.2, 0) is 0 Å². The molecule has 5 aromatic carbocycles. The van der Waals surface area contributed by atoms with Gasteiger partial charge in [0.05, 0.1) is 6.57 Å². The van der Waals surface area contributed by atoms with Crippen LogP contribution in [0.1, 0.15) is 0 Å². The van der Waals surface area contributed by atoms with Crippen LogP contribution in [0.4, 0.5) is 5.69 Å². The minimum atomic E-state index is 0.536. The standard InChI is InChI=1S/C34H20N2O/c1-35-27-17-26(20-36-21-27)24-11-7-10-23(16-24)25-14-15-30-32(18-25)37-33-19-31(22-8-3-2-4-9-22)28-12-5-6-13-29(28)34(30)33/h2-21H. The lowest BCUT2D eigenvalue weighted by atomic mass is 9.94. The molecular formula is C34H20N2O. The molecule has 0 fully saturated rings. The predicted molar refractivity (Wildman–Crippen MR) is 152 cm³/mol. The van der Waals surface area contributed by atoms with Gasteiger partial charge in [0.25, 0.3) is 0 Å². The van der Waals surface area contributed by atoms with Crippen LogP contribution in [0.25, 0.3) is 70.9 Å². The number of pyridine rings is 1. The summed E-state index contributed by atoms with van der Waals surface area (Å²) in [6.45, 7) is 7.29. The highest BCUT2D eigenvalue weighted by molar-refractivity contribution is 6.22. The number of fused-ring (bicyclic) bond motifs is 5. The first-order chi connectivity index (χ1) is 18.3. The average molecular weight is 473 g/mol. The summed E-state index contributed by atoms with van der Waals surface area (Å²) < 4.78 is 6.49. The van der Waals surface area contributed by atoms with Gasteiger partial charge < -0.3 is 4.42 Å². The molecule has 172 valence electrons. The third-order valence-corrected chi connectivity index (χ3v) is 6.95. The Morgan fingerprint density at radius 3 is 2.11 bits per heavy atom. The maximum absolute atomic E-state index is 7.29. The van der Waals surface area contributed by atoms with Gasteiger partial charge in [-0.1, -0.05) is 78.9 Å². The lowest BCUT2D eigenvalue weighted by Gasteiger charge is -2.08. The van der Waals surface area contributed by atoms with E-state index >= 15 is 0 Å². The quantitative estimate of drug-likeness (QED) is 0.240. The van der Waals surface area contributed by atoms with E-state index in [4.69, 9.17) is 11.0 Å². The van der Waals surface area contributed by atoms with Gasteiger partial charge in [-0.05, 0) is 74.5 Å². The van der Waals surface area contributed by atoms with E-state index in [0.717, 1.165) is 44.2 Å². The van der Waals surface area contributed by atoms with Gasteiger partial charge in [-0.25, -0.2) is 4.85 Å². The number of furan rings is 1. The maximum Gasteiger partial charge on any atom is 0.205 e. The van der Waals surface area contributed by atoms with E-state index < -0.39 is 0 Å². The summed E-state index contributed by atoms with van der Waals surface area (Å²) in [5.74, 6) is 0. The van der Waals surface area contributed by atoms with E-state index in [1.807, 2.05) is 24.3 Å². The van der Waals surface area contributed by atoms with Gasteiger partial charge in [0.15, 0.2) is 0 Å². The van der Waals surface area contributed by atoms with E-state index in [9.17, 15) is 0 Å². The van der Waals surface area contributed by atoms with Crippen molar-refractivity contribution in [3.05, 3.63) is 133 Å². The molecule has 0 aliphatic heterocycles. The van der Waals surface area contributed by atoms with Crippen molar-refractivity contribution in [1.29, 1.82) is 0 Å². The van der Waals surface area contributed by atoms with Crippen molar-refractivity contribution in [2.75, 3.05) is 0 Å². The molecule has 3 heteroatoms. The Morgan fingerprint density at radius 2 is 1.27 bits per heavy atom. The molecule has 37 heavy (non-hydrogen) atoms. The Hall–Kier alpha value is -5.20. The van der Waals surface area contributed by atoms with Gasteiger partial charge in [0.2, 0.25) is 5.69 Å². The Kier molecular flexibility index (Phi) is 4.84. The molecule has 0 bridgehead atoms. The first-order valence-corrected chi connectivity index (χ1v) is 12.2. The second-order valence-corrected chi connectivity index (χ2v) is 9.15. The Bertz CT molecular complexity index is 1990. The number of benzene rings is 5. The maximum atomic E-state index is 7.29. The molecule has 0 unspecified atom stereocenters. The fourth-order valence-electron chi connectivity index (χ4n) is 5.20. The summed E-state index contributed by atoms with van der Waals surface area (Å²) in [7, 11) is 0. The van der Waals surface area contributed by atoms with Gasteiger partial charge in [-0.2, -0.15) is 0 Å². The number of nitrogens with zero attached hydrogens (tertiary/aromatic N) is 2. The molecule has 2 heterocycles. The fourth-order valence-corrected chi connectivity index (χ4v) is 5.20. The molecule has 0 atom stereocenters. The van der Waals surface area contributed by atoms with Crippen LogP contribution in [0, 0.1) is 6.57 Å². The Balaban J connectivity index is 1.40. The Morgan fingerprint density at radius 1 is 0.541 bits per heavy atom.